The van der Waals surface area contributed by atoms with Gasteiger partial charge in [-0.2, -0.15) is 0 Å². The van der Waals surface area contributed by atoms with Crippen molar-refractivity contribution in [2.24, 2.45) is 10.9 Å². The number of nitrogens with one attached hydrogen (secondary N) is 2. The lowest BCUT2D eigenvalue weighted by atomic mass is 10.0. The van der Waals surface area contributed by atoms with Crippen molar-refractivity contribution in [2.75, 3.05) is 59.8 Å². The third-order valence-corrected chi connectivity index (χ3v) is 5.32. The van der Waals surface area contributed by atoms with Crippen molar-refractivity contribution in [3.05, 3.63) is 22.7 Å². The molecule has 0 aliphatic carbocycles. The first-order valence-corrected chi connectivity index (χ1v) is 10.8. The molecule has 0 saturated carbocycles. The van der Waals surface area contributed by atoms with Gasteiger partial charge in [-0.15, -0.1) is 24.0 Å². The summed E-state index contributed by atoms with van der Waals surface area (Å²) in [4.78, 5) is 4.27. The Bertz CT molecular complexity index is 672. The van der Waals surface area contributed by atoms with E-state index in [1.165, 1.54) is 0 Å². The van der Waals surface area contributed by atoms with Crippen LogP contribution < -0.4 is 20.1 Å². The van der Waals surface area contributed by atoms with Crippen molar-refractivity contribution < 1.29 is 18.9 Å². The van der Waals surface area contributed by atoms with Crippen LogP contribution in [0.4, 0.5) is 0 Å². The number of halogens is 2. The lowest BCUT2D eigenvalue weighted by molar-refractivity contribution is 0.0203. The lowest BCUT2D eigenvalue weighted by Crippen LogP contribution is -2.39. The number of ether oxygens (including phenoxy) is 4. The Labute approximate surface area is 201 Å². The second-order valence-corrected chi connectivity index (χ2v) is 7.67. The number of guanidine groups is 1. The molecule has 0 bridgehead atoms. The van der Waals surface area contributed by atoms with E-state index in [0.717, 1.165) is 82.5 Å². The first-order chi connectivity index (χ1) is 14.3. The Morgan fingerprint density at radius 1 is 1.13 bits per heavy atom. The molecule has 0 amide bonds. The van der Waals surface area contributed by atoms with Crippen LogP contribution in [0, 0.1) is 5.92 Å². The van der Waals surface area contributed by atoms with Gasteiger partial charge in [-0.1, -0.05) is 11.6 Å². The Morgan fingerprint density at radius 2 is 1.90 bits per heavy atom. The topological polar surface area (TPSA) is 73.3 Å². The standard InChI is InChI=1S/C21H32ClN3O4.HI/c1-23-21(24-6-2-8-27-15-16-4-9-26-10-5-16)25-7-3-17-13-18(22)20-19(14-17)28-11-12-29-20;/h13-14,16H,2-12,15H2,1H3,(H2,23,24,25);1H. The molecule has 30 heavy (non-hydrogen) atoms. The van der Waals surface area contributed by atoms with E-state index in [1.807, 2.05) is 12.1 Å². The second kappa shape index (κ2) is 14.2. The van der Waals surface area contributed by atoms with Gasteiger partial charge in [0.1, 0.15) is 13.2 Å². The van der Waals surface area contributed by atoms with Gasteiger partial charge in [0.15, 0.2) is 17.5 Å². The molecule has 0 aromatic heterocycles. The molecular formula is C21H33ClIN3O4. The molecule has 2 aliphatic heterocycles. The van der Waals surface area contributed by atoms with Crippen LogP contribution in [0.15, 0.2) is 17.1 Å². The maximum absolute atomic E-state index is 6.30. The molecule has 1 aromatic rings. The Morgan fingerprint density at radius 3 is 2.70 bits per heavy atom. The largest absolute Gasteiger partial charge is 0.486 e. The molecule has 2 aliphatic rings. The van der Waals surface area contributed by atoms with Gasteiger partial charge in [0, 0.05) is 46.6 Å². The molecule has 1 saturated heterocycles. The zero-order chi connectivity index (χ0) is 20.3. The zero-order valence-corrected chi connectivity index (χ0v) is 20.7. The van der Waals surface area contributed by atoms with Gasteiger partial charge >= 0.3 is 0 Å². The third-order valence-electron chi connectivity index (χ3n) is 5.04. The number of hydrogen-bond donors (Lipinski definition) is 2. The summed E-state index contributed by atoms with van der Waals surface area (Å²) < 4.78 is 22.4. The first kappa shape index (κ1) is 25.3. The summed E-state index contributed by atoms with van der Waals surface area (Å²) in [5.41, 5.74) is 1.10. The highest BCUT2D eigenvalue weighted by Crippen LogP contribution is 2.38. The number of rotatable bonds is 9. The van der Waals surface area contributed by atoms with Crippen LogP contribution >= 0.6 is 35.6 Å². The van der Waals surface area contributed by atoms with Gasteiger partial charge in [0.05, 0.1) is 5.02 Å². The van der Waals surface area contributed by atoms with Crippen LogP contribution in [0.5, 0.6) is 11.5 Å². The minimum absolute atomic E-state index is 0. The normalized spacial score (nSPS) is 16.7. The maximum Gasteiger partial charge on any atom is 0.190 e. The van der Waals surface area contributed by atoms with E-state index in [2.05, 4.69) is 15.6 Å². The third kappa shape index (κ3) is 8.28. The number of aliphatic imine (C=N–C) groups is 1. The molecular weight excluding hydrogens is 521 g/mol. The molecule has 1 aromatic carbocycles. The molecule has 2 heterocycles. The number of nitrogens with zero attached hydrogens (tertiary/aromatic N) is 1. The first-order valence-electron chi connectivity index (χ1n) is 10.4. The minimum atomic E-state index is 0. The molecule has 7 nitrogen and oxygen atoms in total. The van der Waals surface area contributed by atoms with Crippen LogP contribution in [0.2, 0.25) is 5.02 Å². The molecule has 0 spiro atoms. The summed E-state index contributed by atoms with van der Waals surface area (Å²) in [5, 5.41) is 7.25. The van der Waals surface area contributed by atoms with Crippen molar-refractivity contribution >= 4 is 41.5 Å². The Kier molecular flexibility index (Phi) is 11.9. The number of fused-ring (bicyclic) bond motifs is 1. The van der Waals surface area contributed by atoms with Gasteiger partial charge in [0.25, 0.3) is 0 Å². The molecule has 170 valence electrons. The van der Waals surface area contributed by atoms with Crippen LogP contribution in [-0.4, -0.2) is 65.7 Å². The van der Waals surface area contributed by atoms with E-state index in [-0.39, 0.29) is 24.0 Å². The van der Waals surface area contributed by atoms with Crippen LogP contribution in [0.25, 0.3) is 0 Å². The van der Waals surface area contributed by atoms with Crippen molar-refractivity contribution in [2.45, 2.75) is 25.7 Å². The highest BCUT2D eigenvalue weighted by atomic mass is 127. The monoisotopic (exact) mass is 553 g/mol. The second-order valence-electron chi connectivity index (χ2n) is 7.26. The average Bonchev–Trinajstić information content (AvgIpc) is 2.75. The molecule has 0 unspecified atom stereocenters. The van der Waals surface area contributed by atoms with Gasteiger partial charge in [-0.05, 0) is 49.3 Å². The fraction of sp³-hybridized carbons (Fsp3) is 0.667. The summed E-state index contributed by atoms with van der Waals surface area (Å²) >= 11 is 6.30. The summed E-state index contributed by atoms with van der Waals surface area (Å²) in [5.74, 6) is 2.81. The zero-order valence-electron chi connectivity index (χ0n) is 17.6. The van der Waals surface area contributed by atoms with E-state index in [0.29, 0.717) is 29.9 Å². The van der Waals surface area contributed by atoms with Crippen molar-refractivity contribution in [3.8, 4) is 11.5 Å². The minimum Gasteiger partial charge on any atom is -0.486 e. The molecule has 9 heteroatoms. The predicted molar refractivity (Wildman–Crippen MR) is 130 cm³/mol. The van der Waals surface area contributed by atoms with Gasteiger partial charge < -0.3 is 29.6 Å². The summed E-state index contributed by atoms with van der Waals surface area (Å²) in [7, 11) is 1.78. The molecule has 0 radical (unpaired) electrons. The fourth-order valence-corrected chi connectivity index (χ4v) is 3.69. The number of hydrogen-bond acceptors (Lipinski definition) is 5. The maximum atomic E-state index is 6.30. The highest BCUT2D eigenvalue weighted by molar-refractivity contribution is 14.0. The van der Waals surface area contributed by atoms with E-state index < -0.39 is 0 Å². The summed E-state index contributed by atoms with van der Waals surface area (Å²) in [6.07, 6.45) is 3.99. The summed E-state index contributed by atoms with van der Waals surface area (Å²) in [6.45, 7) is 6.01. The van der Waals surface area contributed by atoms with Crippen LogP contribution in [0.3, 0.4) is 0 Å². The highest BCUT2D eigenvalue weighted by Gasteiger charge is 2.16. The summed E-state index contributed by atoms with van der Waals surface area (Å²) in [6, 6.07) is 3.93. The van der Waals surface area contributed by atoms with Crippen molar-refractivity contribution in [3.63, 3.8) is 0 Å². The van der Waals surface area contributed by atoms with Crippen molar-refractivity contribution in [1.29, 1.82) is 0 Å². The predicted octanol–water partition coefficient (Wildman–Crippen LogP) is 3.27. The van der Waals surface area contributed by atoms with E-state index >= 15 is 0 Å². The van der Waals surface area contributed by atoms with E-state index in [4.69, 9.17) is 30.5 Å². The van der Waals surface area contributed by atoms with Crippen LogP contribution in [-0.2, 0) is 15.9 Å². The van der Waals surface area contributed by atoms with Crippen LogP contribution in [0.1, 0.15) is 24.8 Å². The SMILES string of the molecule is CN=C(NCCCOCC1CCOCC1)NCCc1cc(Cl)c2c(c1)OCCO2.I. The molecule has 3 rings (SSSR count). The fourth-order valence-electron chi connectivity index (χ4n) is 3.40. The van der Waals surface area contributed by atoms with E-state index in [9.17, 15) is 0 Å². The molecule has 2 N–H and O–H groups in total. The molecule has 0 atom stereocenters. The van der Waals surface area contributed by atoms with Gasteiger partial charge in [-0.25, -0.2) is 0 Å². The Balaban J connectivity index is 0.00000320. The smallest absolute Gasteiger partial charge is 0.190 e. The Hall–Kier alpha value is -0.970. The van der Waals surface area contributed by atoms with E-state index in [1.54, 1.807) is 7.05 Å². The average molecular weight is 554 g/mol. The van der Waals surface area contributed by atoms with Gasteiger partial charge in [0.2, 0.25) is 0 Å². The van der Waals surface area contributed by atoms with Crippen molar-refractivity contribution in [1.82, 2.24) is 10.6 Å². The molecule has 1 fully saturated rings. The quantitative estimate of drug-likeness (QED) is 0.212. The van der Waals surface area contributed by atoms with Gasteiger partial charge in [-0.3, -0.25) is 4.99 Å². The number of benzene rings is 1. The lowest BCUT2D eigenvalue weighted by Gasteiger charge is -2.21.